The number of halogens is 4. The number of amides is 1. The van der Waals surface area contributed by atoms with Crippen molar-refractivity contribution < 1.29 is 27.1 Å². The second kappa shape index (κ2) is 12.0. The number of rotatable bonds is 8. The fourth-order valence-electron chi connectivity index (χ4n) is 2.95. The van der Waals surface area contributed by atoms with Gasteiger partial charge < -0.3 is 9.64 Å². The lowest BCUT2D eigenvalue weighted by Crippen LogP contribution is -2.42. The van der Waals surface area contributed by atoms with E-state index in [9.17, 15) is 22.4 Å². The van der Waals surface area contributed by atoms with E-state index in [0.29, 0.717) is 24.4 Å². The minimum Gasteiger partial charge on any atom is -0.473 e. The third-order valence-corrected chi connectivity index (χ3v) is 4.68. The number of carbonyl (C=O) groups is 1. The van der Waals surface area contributed by atoms with Gasteiger partial charge in [0, 0.05) is 38.6 Å². The zero-order valence-electron chi connectivity index (χ0n) is 19.2. The number of alkyl halides is 3. The molecule has 2 aromatic heterocycles. The third-order valence-electron chi connectivity index (χ3n) is 4.68. The van der Waals surface area contributed by atoms with Crippen molar-refractivity contribution in [1.82, 2.24) is 14.9 Å². The normalized spacial score (nSPS) is 12.1. The zero-order chi connectivity index (χ0) is 25.3. The molecular formula is C23H25F4N5O2. The van der Waals surface area contributed by atoms with Gasteiger partial charge in [0.1, 0.15) is 6.61 Å². The Balaban J connectivity index is 2.16. The van der Waals surface area contributed by atoms with E-state index in [1.54, 1.807) is 27.0 Å². The topological polar surface area (TPSA) is 70.9 Å². The highest BCUT2D eigenvalue weighted by atomic mass is 19.4. The summed E-state index contributed by atoms with van der Waals surface area (Å²) in [5, 5.41) is 5.69. The maximum Gasteiger partial charge on any atom is 0.417 e. The Morgan fingerprint density at radius 3 is 2.68 bits per heavy atom. The summed E-state index contributed by atoms with van der Waals surface area (Å²) in [7, 11) is 1.66. The quantitative estimate of drug-likeness (QED) is 0.243. The first-order valence-corrected chi connectivity index (χ1v) is 10.4. The van der Waals surface area contributed by atoms with Crippen molar-refractivity contribution >= 4 is 17.8 Å². The molecule has 0 saturated heterocycles. The number of carbonyl (C=O) groups excluding carboxylic acids is 1. The molecule has 1 amide bonds. The molecule has 0 aliphatic heterocycles. The Bertz CT molecular complexity index is 1080. The first-order valence-electron chi connectivity index (χ1n) is 10.4. The highest BCUT2D eigenvalue weighted by molar-refractivity contribution is 5.99. The summed E-state index contributed by atoms with van der Waals surface area (Å²) < 4.78 is 57.4. The Kier molecular flexibility index (Phi) is 9.36. The number of nitrogens with zero attached hydrogens (tertiary/aromatic N) is 5. The minimum atomic E-state index is -4.72. The van der Waals surface area contributed by atoms with E-state index < -0.39 is 29.5 Å². The maximum absolute atomic E-state index is 14.0. The molecule has 0 aliphatic carbocycles. The number of ether oxygens (including phenoxy) is 1. The van der Waals surface area contributed by atoms with Gasteiger partial charge in [0.2, 0.25) is 5.88 Å². The van der Waals surface area contributed by atoms with E-state index in [0.717, 1.165) is 0 Å². The van der Waals surface area contributed by atoms with Gasteiger partial charge >= 0.3 is 6.18 Å². The van der Waals surface area contributed by atoms with E-state index in [1.165, 1.54) is 28.5 Å². The molecule has 0 fully saturated rings. The maximum atomic E-state index is 14.0. The molecule has 11 heteroatoms. The van der Waals surface area contributed by atoms with Gasteiger partial charge in [-0.15, -0.1) is 0 Å². The van der Waals surface area contributed by atoms with Crippen molar-refractivity contribution in [2.45, 2.75) is 39.4 Å². The molecule has 0 spiro atoms. The van der Waals surface area contributed by atoms with E-state index in [-0.39, 0.29) is 24.6 Å². The molecule has 2 rings (SSSR count). The van der Waals surface area contributed by atoms with Gasteiger partial charge in [-0.1, -0.05) is 18.8 Å². The highest BCUT2D eigenvalue weighted by Crippen LogP contribution is 2.30. The van der Waals surface area contributed by atoms with Crippen LogP contribution in [0.25, 0.3) is 0 Å². The molecule has 1 atom stereocenters. The summed E-state index contributed by atoms with van der Waals surface area (Å²) >= 11 is 0. The van der Waals surface area contributed by atoms with E-state index in [1.807, 2.05) is 6.92 Å². The number of hydrogen-bond acceptors (Lipinski definition) is 6. The number of aromatic nitrogens is 2. The Labute approximate surface area is 195 Å². The molecule has 0 radical (unpaired) electrons. The molecule has 0 N–H and O–H groups in total. The Morgan fingerprint density at radius 2 is 2.06 bits per heavy atom. The number of likely N-dealkylation sites (N-methyl/N-ethyl adjacent to an activating group) is 1. The predicted octanol–water partition coefficient (Wildman–Crippen LogP) is 4.40. The second-order valence-corrected chi connectivity index (χ2v) is 7.10. The van der Waals surface area contributed by atoms with Crippen LogP contribution in [0.15, 0.2) is 35.8 Å². The number of pyridine rings is 2. The molecule has 2 heterocycles. The van der Waals surface area contributed by atoms with Crippen LogP contribution < -0.4 is 9.75 Å². The van der Waals surface area contributed by atoms with Crippen molar-refractivity contribution in [3.63, 3.8) is 0 Å². The van der Waals surface area contributed by atoms with Gasteiger partial charge in [-0.3, -0.25) is 14.8 Å². The van der Waals surface area contributed by atoms with Gasteiger partial charge in [0.15, 0.2) is 5.82 Å². The number of hydrazone groups is 1. The molecule has 34 heavy (non-hydrogen) atoms. The van der Waals surface area contributed by atoms with Crippen molar-refractivity contribution in [3.05, 3.63) is 47.7 Å². The predicted molar refractivity (Wildman–Crippen MR) is 120 cm³/mol. The second-order valence-electron chi connectivity index (χ2n) is 7.10. The van der Waals surface area contributed by atoms with Crippen molar-refractivity contribution in [2.24, 2.45) is 5.10 Å². The summed E-state index contributed by atoms with van der Waals surface area (Å²) in [5.74, 6) is 3.45. The van der Waals surface area contributed by atoms with Crippen molar-refractivity contribution in [1.29, 1.82) is 0 Å². The summed E-state index contributed by atoms with van der Waals surface area (Å²) in [5.41, 5.74) is -0.443. The van der Waals surface area contributed by atoms with Crippen LogP contribution in [-0.4, -0.2) is 53.2 Å². The standard InChI is InChI=1S/C23H25F4N5O2/c1-5-7-8-10-30-31(4)20-9-11-28-14-18(20)22(33)32(6-2)16(3)15-34-21-19(24)12-17(13-29-21)23(25,26)27/h9-14,16H,5-6,15H2,1-4H3/b30-10-/t16-/m0/s1. The monoisotopic (exact) mass is 479 g/mol. The van der Waals surface area contributed by atoms with E-state index in [4.69, 9.17) is 4.74 Å². The zero-order valence-corrected chi connectivity index (χ0v) is 19.2. The summed E-state index contributed by atoms with van der Waals surface area (Å²) in [4.78, 5) is 22.2. The lowest BCUT2D eigenvalue weighted by molar-refractivity contribution is -0.138. The van der Waals surface area contributed by atoms with Crippen LogP contribution in [-0.2, 0) is 6.18 Å². The number of anilines is 1. The smallest absolute Gasteiger partial charge is 0.417 e. The molecule has 0 saturated carbocycles. The van der Waals surface area contributed by atoms with Crippen LogP contribution in [0.3, 0.4) is 0 Å². The molecule has 0 unspecified atom stereocenters. The van der Waals surface area contributed by atoms with Crippen molar-refractivity contribution in [3.8, 4) is 17.7 Å². The van der Waals surface area contributed by atoms with Crippen LogP contribution in [0.4, 0.5) is 23.2 Å². The van der Waals surface area contributed by atoms with Gasteiger partial charge in [-0.05, 0) is 26.0 Å². The Hall–Kier alpha value is -3.68. The van der Waals surface area contributed by atoms with Crippen LogP contribution >= 0.6 is 0 Å². The lowest BCUT2D eigenvalue weighted by atomic mass is 10.1. The van der Waals surface area contributed by atoms with E-state index >= 15 is 0 Å². The van der Waals surface area contributed by atoms with Crippen molar-refractivity contribution in [2.75, 3.05) is 25.2 Å². The lowest BCUT2D eigenvalue weighted by Gasteiger charge is -2.29. The number of hydrogen-bond donors (Lipinski definition) is 0. The third kappa shape index (κ3) is 6.91. The first-order chi connectivity index (χ1) is 16.1. The van der Waals surface area contributed by atoms with Crippen LogP contribution in [0.2, 0.25) is 0 Å². The van der Waals surface area contributed by atoms with E-state index in [2.05, 4.69) is 26.9 Å². The van der Waals surface area contributed by atoms with Gasteiger partial charge in [-0.25, -0.2) is 9.37 Å². The highest BCUT2D eigenvalue weighted by Gasteiger charge is 2.32. The van der Waals surface area contributed by atoms with Gasteiger partial charge in [0.25, 0.3) is 5.91 Å². The fraction of sp³-hybridized carbons (Fsp3) is 0.391. The van der Waals surface area contributed by atoms with Crippen LogP contribution in [0, 0.1) is 17.7 Å². The summed E-state index contributed by atoms with van der Waals surface area (Å²) in [6, 6.07) is 1.39. The average Bonchev–Trinajstić information content (AvgIpc) is 2.80. The molecule has 7 nitrogen and oxygen atoms in total. The molecule has 182 valence electrons. The molecule has 0 bridgehead atoms. The van der Waals surface area contributed by atoms with Gasteiger partial charge in [-0.2, -0.15) is 18.3 Å². The first kappa shape index (κ1) is 26.6. The molecular weight excluding hydrogens is 454 g/mol. The summed E-state index contributed by atoms with van der Waals surface area (Å²) in [6.45, 7) is 5.43. The van der Waals surface area contributed by atoms with Gasteiger partial charge in [0.05, 0.1) is 29.1 Å². The minimum absolute atomic E-state index is 0.189. The molecule has 0 aromatic carbocycles. The largest absolute Gasteiger partial charge is 0.473 e. The molecule has 0 aliphatic rings. The summed E-state index contributed by atoms with van der Waals surface area (Å²) in [6.07, 6.45) is 0.831. The molecule has 2 aromatic rings. The SMILES string of the molecule is CCC#C/C=N\N(C)c1ccncc1C(=O)N(CC)[C@@H](C)COc1ncc(C(F)(F)F)cc1F. The Morgan fingerprint density at radius 1 is 1.32 bits per heavy atom. The fourth-order valence-corrected chi connectivity index (χ4v) is 2.95. The van der Waals surface area contributed by atoms with Crippen LogP contribution in [0.5, 0.6) is 5.88 Å². The van der Waals surface area contributed by atoms with Crippen LogP contribution in [0.1, 0.15) is 43.1 Å². The average molecular weight is 479 g/mol.